The molecule has 5 heteroatoms. The van der Waals surface area contributed by atoms with Crippen molar-refractivity contribution < 1.29 is 0 Å². The molecule has 0 fully saturated rings. The summed E-state index contributed by atoms with van der Waals surface area (Å²) < 4.78 is 0. The molecule has 1 aromatic carbocycles. The van der Waals surface area contributed by atoms with E-state index >= 15 is 0 Å². The van der Waals surface area contributed by atoms with Crippen molar-refractivity contribution in [2.24, 2.45) is 5.73 Å². The lowest BCUT2D eigenvalue weighted by molar-refractivity contribution is 0.745. The van der Waals surface area contributed by atoms with Crippen LogP contribution in [0, 0.1) is 6.92 Å². The van der Waals surface area contributed by atoms with Crippen LogP contribution < -0.4 is 5.73 Å². The molecule has 2 aromatic rings. The first-order valence-corrected chi connectivity index (χ1v) is 6.50. The van der Waals surface area contributed by atoms with E-state index in [4.69, 9.17) is 5.73 Å². The Morgan fingerprint density at radius 3 is 2.94 bits per heavy atom. The van der Waals surface area contributed by atoms with Crippen LogP contribution in [0.4, 0.5) is 0 Å². The molecule has 90 valence electrons. The quantitative estimate of drug-likeness (QED) is 0.815. The second kappa shape index (κ2) is 5.33. The van der Waals surface area contributed by atoms with Gasteiger partial charge in [-0.1, -0.05) is 17.7 Å². The molecule has 0 aliphatic carbocycles. The summed E-state index contributed by atoms with van der Waals surface area (Å²) in [5.41, 5.74) is 6.97. The minimum Gasteiger partial charge on any atom is -0.321 e. The van der Waals surface area contributed by atoms with Crippen LogP contribution in [0.15, 0.2) is 29.2 Å². The number of thioether (sulfide) groups is 1. The number of benzene rings is 1. The summed E-state index contributed by atoms with van der Waals surface area (Å²) in [7, 11) is 0. The lowest BCUT2D eigenvalue weighted by Crippen LogP contribution is -2.06. The monoisotopic (exact) mass is 248 g/mol. The summed E-state index contributed by atoms with van der Waals surface area (Å²) in [5, 5.41) is 6.98. The third-order valence-corrected chi connectivity index (χ3v) is 3.33. The van der Waals surface area contributed by atoms with Crippen LogP contribution in [0.1, 0.15) is 30.2 Å². The van der Waals surface area contributed by atoms with Gasteiger partial charge in [-0.2, -0.15) is 5.10 Å². The molecule has 0 amide bonds. The Balaban J connectivity index is 1.97. The van der Waals surface area contributed by atoms with Crippen LogP contribution in [0.2, 0.25) is 0 Å². The summed E-state index contributed by atoms with van der Waals surface area (Å²) >= 11 is 1.74. The van der Waals surface area contributed by atoms with Gasteiger partial charge < -0.3 is 5.73 Å². The van der Waals surface area contributed by atoms with Crippen LogP contribution in [0.3, 0.4) is 0 Å². The fourth-order valence-electron chi connectivity index (χ4n) is 1.44. The SMILES string of the molecule is Cc1cccc(SCc2nc(C(C)N)n[nH]2)c1. The van der Waals surface area contributed by atoms with Crippen molar-refractivity contribution in [1.82, 2.24) is 15.2 Å². The third kappa shape index (κ3) is 3.31. The van der Waals surface area contributed by atoms with E-state index in [1.807, 2.05) is 6.92 Å². The normalized spacial score (nSPS) is 12.6. The Labute approximate surface area is 105 Å². The van der Waals surface area contributed by atoms with Gasteiger partial charge >= 0.3 is 0 Å². The van der Waals surface area contributed by atoms with Crippen molar-refractivity contribution in [3.8, 4) is 0 Å². The lowest BCUT2D eigenvalue weighted by Gasteiger charge is -2.00. The first-order chi connectivity index (χ1) is 8.15. The second-order valence-corrected chi connectivity index (χ2v) is 5.08. The zero-order valence-electron chi connectivity index (χ0n) is 9.97. The molecule has 4 nitrogen and oxygen atoms in total. The molecule has 0 radical (unpaired) electrons. The molecule has 0 saturated carbocycles. The van der Waals surface area contributed by atoms with Gasteiger partial charge in [0.25, 0.3) is 0 Å². The van der Waals surface area contributed by atoms with E-state index in [9.17, 15) is 0 Å². The smallest absolute Gasteiger partial charge is 0.167 e. The largest absolute Gasteiger partial charge is 0.321 e. The van der Waals surface area contributed by atoms with Crippen molar-refractivity contribution in [2.75, 3.05) is 0 Å². The second-order valence-electron chi connectivity index (χ2n) is 4.03. The molecule has 3 N–H and O–H groups in total. The minimum absolute atomic E-state index is 0.121. The Kier molecular flexibility index (Phi) is 3.81. The van der Waals surface area contributed by atoms with Crippen molar-refractivity contribution in [1.29, 1.82) is 0 Å². The molecule has 0 spiro atoms. The van der Waals surface area contributed by atoms with Crippen LogP contribution in [0.5, 0.6) is 0 Å². The molecule has 17 heavy (non-hydrogen) atoms. The molecule has 2 rings (SSSR count). The zero-order chi connectivity index (χ0) is 12.3. The zero-order valence-corrected chi connectivity index (χ0v) is 10.8. The number of rotatable bonds is 4. The fraction of sp³-hybridized carbons (Fsp3) is 0.333. The summed E-state index contributed by atoms with van der Waals surface area (Å²) in [4.78, 5) is 5.57. The Bertz CT molecular complexity index is 493. The van der Waals surface area contributed by atoms with Crippen molar-refractivity contribution >= 4 is 11.8 Å². The van der Waals surface area contributed by atoms with Gasteiger partial charge in [0, 0.05) is 4.90 Å². The predicted molar refractivity (Wildman–Crippen MR) is 69.7 cm³/mol. The predicted octanol–water partition coefficient (Wildman–Crippen LogP) is 2.43. The van der Waals surface area contributed by atoms with E-state index in [1.54, 1.807) is 11.8 Å². The first-order valence-electron chi connectivity index (χ1n) is 5.51. The maximum absolute atomic E-state index is 5.70. The number of nitrogens with zero attached hydrogens (tertiary/aromatic N) is 2. The Hall–Kier alpha value is -1.33. The highest BCUT2D eigenvalue weighted by Crippen LogP contribution is 2.22. The summed E-state index contributed by atoms with van der Waals surface area (Å²) in [6.07, 6.45) is 0. The molecule has 0 saturated heterocycles. The van der Waals surface area contributed by atoms with Gasteiger partial charge in [-0.25, -0.2) is 4.98 Å². The average molecular weight is 248 g/mol. The number of nitrogens with one attached hydrogen (secondary N) is 1. The number of aromatic amines is 1. The summed E-state index contributed by atoms with van der Waals surface area (Å²) in [6.45, 7) is 3.97. The fourth-order valence-corrected chi connectivity index (χ4v) is 2.31. The molecule has 0 aliphatic heterocycles. The maximum atomic E-state index is 5.70. The number of aromatic nitrogens is 3. The highest BCUT2D eigenvalue weighted by Gasteiger charge is 2.07. The first kappa shape index (κ1) is 12.1. The van der Waals surface area contributed by atoms with E-state index in [0.717, 1.165) is 11.6 Å². The summed E-state index contributed by atoms with van der Waals surface area (Å²) in [6, 6.07) is 8.29. The Morgan fingerprint density at radius 2 is 2.29 bits per heavy atom. The van der Waals surface area contributed by atoms with Crippen molar-refractivity contribution in [2.45, 2.75) is 30.5 Å². The van der Waals surface area contributed by atoms with Crippen LogP contribution in [-0.2, 0) is 5.75 Å². The van der Waals surface area contributed by atoms with Gasteiger partial charge in [0.05, 0.1) is 11.8 Å². The third-order valence-electron chi connectivity index (χ3n) is 2.32. The Morgan fingerprint density at radius 1 is 1.47 bits per heavy atom. The van der Waals surface area contributed by atoms with E-state index in [-0.39, 0.29) is 6.04 Å². The van der Waals surface area contributed by atoms with Crippen LogP contribution in [0.25, 0.3) is 0 Å². The van der Waals surface area contributed by atoms with Gasteiger partial charge in [0.1, 0.15) is 5.82 Å². The highest BCUT2D eigenvalue weighted by molar-refractivity contribution is 7.98. The number of nitrogens with two attached hydrogens (primary N) is 1. The number of aryl methyl sites for hydroxylation is 1. The van der Waals surface area contributed by atoms with Crippen LogP contribution >= 0.6 is 11.8 Å². The molecule has 0 bridgehead atoms. The van der Waals surface area contributed by atoms with Gasteiger partial charge in [-0.15, -0.1) is 11.8 Å². The van der Waals surface area contributed by atoms with Gasteiger partial charge in [0.15, 0.2) is 5.82 Å². The van der Waals surface area contributed by atoms with Crippen molar-refractivity contribution in [3.63, 3.8) is 0 Å². The minimum atomic E-state index is -0.121. The van der Waals surface area contributed by atoms with E-state index in [2.05, 4.69) is 46.4 Å². The van der Waals surface area contributed by atoms with E-state index in [0.29, 0.717) is 5.82 Å². The molecular weight excluding hydrogens is 232 g/mol. The average Bonchev–Trinajstić information content (AvgIpc) is 2.75. The molecule has 1 unspecified atom stereocenters. The lowest BCUT2D eigenvalue weighted by atomic mass is 10.2. The molecule has 1 atom stereocenters. The summed E-state index contributed by atoms with van der Waals surface area (Å²) in [5.74, 6) is 2.32. The molecule has 1 aromatic heterocycles. The van der Waals surface area contributed by atoms with Gasteiger partial charge in [-0.3, -0.25) is 5.10 Å². The maximum Gasteiger partial charge on any atom is 0.167 e. The van der Waals surface area contributed by atoms with Crippen LogP contribution in [-0.4, -0.2) is 15.2 Å². The van der Waals surface area contributed by atoms with Gasteiger partial charge in [-0.05, 0) is 26.0 Å². The number of hydrogen-bond acceptors (Lipinski definition) is 4. The molecule has 0 aliphatic rings. The highest BCUT2D eigenvalue weighted by atomic mass is 32.2. The molecule has 1 heterocycles. The van der Waals surface area contributed by atoms with Gasteiger partial charge in [0.2, 0.25) is 0 Å². The number of H-pyrrole nitrogens is 1. The van der Waals surface area contributed by atoms with E-state index in [1.165, 1.54) is 10.5 Å². The van der Waals surface area contributed by atoms with Crippen molar-refractivity contribution in [3.05, 3.63) is 41.5 Å². The van der Waals surface area contributed by atoms with E-state index < -0.39 is 0 Å². The number of hydrogen-bond donors (Lipinski definition) is 2. The molecular formula is C12H16N4S. The topological polar surface area (TPSA) is 67.6 Å². The standard InChI is InChI=1S/C12H16N4S/c1-8-4-3-5-10(6-8)17-7-11-14-12(9(2)13)16-15-11/h3-6,9H,7,13H2,1-2H3,(H,14,15,16).